The van der Waals surface area contributed by atoms with E-state index in [1.807, 2.05) is 0 Å². The van der Waals surface area contributed by atoms with Crippen LogP contribution in [0.25, 0.3) is 0 Å². The Kier molecular flexibility index (Phi) is 5.42. The van der Waals surface area contributed by atoms with Gasteiger partial charge in [0.15, 0.2) is 11.4 Å². The number of ether oxygens (including phenoxy) is 1. The molecule has 1 aromatic heterocycles. The highest BCUT2D eigenvalue weighted by atomic mass is 32.2. The number of hydrogen-bond donors (Lipinski definition) is 3. The second-order valence-corrected chi connectivity index (χ2v) is 8.69. The molecule has 30 heavy (non-hydrogen) atoms. The predicted molar refractivity (Wildman–Crippen MR) is 105 cm³/mol. The number of hydrogen-bond acceptors (Lipinski definition) is 6. The SMILES string of the molecule is C=CC(O)C1(C)COc2c(cn(C)c2C(=O)Nc2ccc(F)c(C#N)c2)S(=O)(=O)N1. The Bertz CT molecular complexity index is 1180. The highest BCUT2D eigenvalue weighted by Crippen LogP contribution is 2.35. The van der Waals surface area contributed by atoms with Crippen LogP contribution < -0.4 is 14.8 Å². The van der Waals surface area contributed by atoms with Gasteiger partial charge in [-0.15, -0.1) is 6.58 Å². The van der Waals surface area contributed by atoms with Crippen LogP contribution in [0.5, 0.6) is 5.75 Å². The van der Waals surface area contributed by atoms with E-state index in [-0.39, 0.29) is 34.2 Å². The lowest BCUT2D eigenvalue weighted by Crippen LogP contribution is -2.56. The zero-order valence-corrected chi connectivity index (χ0v) is 17.0. The van der Waals surface area contributed by atoms with Crippen molar-refractivity contribution in [3.63, 3.8) is 0 Å². The van der Waals surface area contributed by atoms with Gasteiger partial charge in [0.1, 0.15) is 23.4 Å². The number of sulfonamides is 1. The molecule has 0 saturated heterocycles. The normalized spacial score (nSPS) is 20.8. The van der Waals surface area contributed by atoms with Crippen molar-refractivity contribution in [3.05, 3.63) is 54.1 Å². The molecule has 1 aliphatic heterocycles. The zero-order valence-electron chi connectivity index (χ0n) is 16.1. The third kappa shape index (κ3) is 3.68. The van der Waals surface area contributed by atoms with E-state index in [4.69, 9.17) is 10.00 Å². The number of fused-ring (bicyclic) bond motifs is 1. The number of anilines is 1. The van der Waals surface area contributed by atoms with E-state index in [9.17, 15) is 22.7 Å². The van der Waals surface area contributed by atoms with Crippen molar-refractivity contribution < 1.29 is 27.4 Å². The van der Waals surface area contributed by atoms with Crippen molar-refractivity contribution in [1.82, 2.24) is 9.29 Å². The number of amides is 1. The van der Waals surface area contributed by atoms with Crippen molar-refractivity contribution in [2.75, 3.05) is 11.9 Å². The fourth-order valence-corrected chi connectivity index (χ4v) is 4.67. The zero-order chi connectivity index (χ0) is 22.3. The topological polar surface area (TPSA) is 133 Å². The molecule has 0 bridgehead atoms. The molecule has 2 atom stereocenters. The fourth-order valence-electron chi connectivity index (χ4n) is 3.07. The second-order valence-electron chi connectivity index (χ2n) is 7.03. The van der Waals surface area contributed by atoms with Gasteiger partial charge in [-0.25, -0.2) is 12.8 Å². The third-order valence-corrected chi connectivity index (χ3v) is 6.32. The minimum absolute atomic E-state index is 0.101. The molecule has 0 radical (unpaired) electrons. The number of aromatic nitrogens is 1. The molecule has 1 aliphatic rings. The van der Waals surface area contributed by atoms with Gasteiger partial charge in [-0.3, -0.25) is 4.79 Å². The standard InChI is InChI=1S/C19H19FN4O5S/c1-4-15(25)19(2)10-29-17-14(30(27,28)23-19)9-24(3)16(17)18(26)22-12-5-6-13(20)11(7-12)8-21/h4-7,9,15,23,25H,1,10H2,2-3H3,(H,22,26). The first-order valence-electron chi connectivity index (χ1n) is 8.70. The largest absolute Gasteiger partial charge is 0.488 e. The Balaban J connectivity index is 2.01. The molecule has 0 saturated carbocycles. The Morgan fingerprint density at radius 1 is 1.57 bits per heavy atom. The van der Waals surface area contributed by atoms with E-state index < -0.39 is 33.4 Å². The lowest BCUT2D eigenvalue weighted by molar-refractivity contribution is 0.0843. The average Bonchev–Trinajstić information content (AvgIpc) is 2.99. The van der Waals surface area contributed by atoms with Gasteiger partial charge in [-0.1, -0.05) is 6.08 Å². The van der Waals surface area contributed by atoms with Crippen LogP contribution in [0, 0.1) is 17.1 Å². The number of nitrogens with one attached hydrogen (secondary N) is 2. The maximum Gasteiger partial charge on any atom is 0.276 e. The van der Waals surface area contributed by atoms with E-state index in [0.29, 0.717) is 0 Å². The van der Waals surface area contributed by atoms with Crippen LogP contribution >= 0.6 is 0 Å². The number of aryl methyl sites for hydroxylation is 1. The van der Waals surface area contributed by atoms with Crippen LogP contribution in [0.1, 0.15) is 23.0 Å². The van der Waals surface area contributed by atoms with Gasteiger partial charge in [-0.05, 0) is 25.1 Å². The Morgan fingerprint density at radius 3 is 2.90 bits per heavy atom. The first-order chi connectivity index (χ1) is 14.0. The summed E-state index contributed by atoms with van der Waals surface area (Å²) < 4.78 is 48.5. The monoisotopic (exact) mass is 434 g/mol. The molecule has 2 heterocycles. The predicted octanol–water partition coefficient (Wildman–Crippen LogP) is 1.26. The van der Waals surface area contributed by atoms with Crippen LogP contribution in [0.4, 0.5) is 10.1 Å². The number of rotatable bonds is 4. The summed E-state index contributed by atoms with van der Waals surface area (Å²) in [6.07, 6.45) is 1.15. The van der Waals surface area contributed by atoms with Crippen molar-refractivity contribution in [3.8, 4) is 11.8 Å². The van der Waals surface area contributed by atoms with Crippen molar-refractivity contribution in [2.45, 2.75) is 23.5 Å². The molecule has 0 spiro atoms. The smallest absolute Gasteiger partial charge is 0.276 e. The fraction of sp³-hybridized carbons (Fsp3) is 0.263. The van der Waals surface area contributed by atoms with E-state index >= 15 is 0 Å². The average molecular weight is 434 g/mol. The quantitative estimate of drug-likeness (QED) is 0.621. The van der Waals surface area contributed by atoms with Crippen LogP contribution in [-0.4, -0.2) is 42.2 Å². The van der Waals surface area contributed by atoms with Crippen molar-refractivity contribution in [2.24, 2.45) is 7.05 Å². The highest BCUT2D eigenvalue weighted by Gasteiger charge is 2.43. The molecule has 2 unspecified atom stereocenters. The van der Waals surface area contributed by atoms with Crippen molar-refractivity contribution in [1.29, 1.82) is 5.26 Å². The highest BCUT2D eigenvalue weighted by molar-refractivity contribution is 7.89. The Hall–Kier alpha value is -3.20. The maximum atomic E-state index is 13.5. The van der Waals surface area contributed by atoms with E-state index in [1.54, 1.807) is 6.07 Å². The molecule has 1 aromatic carbocycles. The summed E-state index contributed by atoms with van der Waals surface area (Å²) >= 11 is 0. The van der Waals surface area contributed by atoms with Crippen LogP contribution in [0.2, 0.25) is 0 Å². The van der Waals surface area contributed by atoms with Gasteiger partial charge in [0, 0.05) is 18.9 Å². The number of aliphatic hydroxyl groups is 1. The molecule has 1 amide bonds. The maximum absolute atomic E-state index is 13.5. The first-order valence-corrected chi connectivity index (χ1v) is 10.2. The molecule has 3 N–H and O–H groups in total. The summed E-state index contributed by atoms with van der Waals surface area (Å²) in [6.45, 7) is 4.64. The summed E-state index contributed by atoms with van der Waals surface area (Å²) in [6, 6.07) is 5.14. The van der Waals surface area contributed by atoms with Crippen LogP contribution in [0.15, 0.2) is 41.9 Å². The summed E-state index contributed by atoms with van der Waals surface area (Å²) in [5.74, 6) is -1.65. The summed E-state index contributed by atoms with van der Waals surface area (Å²) in [7, 11) is -2.68. The molecule has 0 aliphatic carbocycles. The van der Waals surface area contributed by atoms with Gasteiger partial charge in [-0.2, -0.15) is 9.98 Å². The number of halogens is 1. The minimum atomic E-state index is -4.14. The Labute approximate surface area is 172 Å². The molecule has 0 fully saturated rings. The molecular weight excluding hydrogens is 415 g/mol. The molecule has 3 rings (SSSR count). The molecular formula is C19H19FN4O5S. The first kappa shape index (κ1) is 21.5. The lowest BCUT2D eigenvalue weighted by atomic mass is 9.97. The van der Waals surface area contributed by atoms with Crippen molar-refractivity contribution >= 4 is 21.6 Å². The number of nitrogens with zero attached hydrogens (tertiary/aromatic N) is 2. The molecule has 2 aromatic rings. The van der Waals surface area contributed by atoms with Gasteiger partial charge < -0.3 is 19.7 Å². The van der Waals surface area contributed by atoms with E-state index in [2.05, 4.69) is 16.6 Å². The summed E-state index contributed by atoms with van der Waals surface area (Å²) in [5.41, 5.74) is -1.61. The number of carbonyl (C=O) groups excluding carboxylic acids is 1. The lowest BCUT2D eigenvalue weighted by Gasteiger charge is -2.31. The van der Waals surface area contributed by atoms with E-state index in [0.717, 1.165) is 12.1 Å². The second kappa shape index (κ2) is 7.56. The van der Waals surface area contributed by atoms with Gasteiger partial charge in [0.25, 0.3) is 5.91 Å². The Morgan fingerprint density at radius 2 is 2.27 bits per heavy atom. The van der Waals surface area contributed by atoms with Crippen LogP contribution in [-0.2, 0) is 17.1 Å². The number of carbonyl (C=O) groups is 1. The molecule has 11 heteroatoms. The number of aliphatic hydroxyl groups excluding tert-OH is 1. The van der Waals surface area contributed by atoms with Gasteiger partial charge >= 0.3 is 0 Å². The van der Waals surface area contributed by atoms with Gasteiger partial charge in [0.2, 0.25) is 10.0 Å². The van der Waals surface area contributed by atoms with Crippen LogP contribution in [0.3, 0.4) is 0 Å². The summed E-state index contributed by atoms with van der Waals surface area (Å²) in [4.78, 5) is 12.6. The summed E-state index contributed by atoms with van der Waals surface area (Å²) in [5, 5.41) is 21.6. The van der Waals surface area contributed by atoms with Gasteiger partial charge in [0.05, 0.1) is 17.2 Å². The molecule has 9 nitrogen and oxygen atoms in total. The minimum Gasteiger partial charge on any atom is -0.488 e. The number of benzene rings is 1. The number of nitriles is 1. The molecule has 158 valence electrons. The van der Waals surface area contributed by atoms with E-state index in [1.165, 1.54) is 36.9 Å². The third-order valence-electron chi connectivity index (χ3n) is 4.71.